The fourth-order valence-electron chi connectivity index (χ4n) is 3.27. The molecule has 3 rings (SSSR count). The van der Waals surface area contributed by atoms with Crippen LogP contribution in [0.25, 0.3) is 0 Å². The molecule has 2 N–H and O–H groups in total. The van der Waals surface area contributed by atoms with E-state index in [4.69, 9.17) is 21.7 Å². The number of fused-ring (bicyclic) bond motifs is 1. The van der Waals surface area contributed by atoms with Crippen LogP contribution in [0.2, 0.25) is 0 Å². The lowest BCUT2D eigenvalue weighted by atomic mass is 9.89. The predicted molar refractivity (Wildman–Crippen MR) is 110 cm³/mol. The molecule has 2 aromatic carbocycles. The molecule has 0 saturated carbocycles. The lowest BCUT2D eigenvalue weighted by Crippen LogP contribution is -2.42. The zero-order valence-electron chi connectivity index (χ0n) is 16.0. The maximum Gasteiger partial charge on any atom is 0.337 e. The number of benzene rings is 2. The van der Waals surface area contributed by atoms with Crippen LogP contribution in [0.5, 0.6) is 5.75 Å². The quantitative estimate of drug-likeness (QED) is 0.605. The molecule has 1 aliphatic heterocycles. The molecule has 0 spiro atoms. The van der Waals surface area contributed by atoms with Crippen molar-refractivity contribution < 1.29 is 14.3 Å². The third kappa shape index (κ3) is 4.57. The highest BCUT2D eigenvalue weighted by Crippen LogP contribution is 2.39. The molecule has 0 aliphatic carbocycles. The van der Waals surface area contributed by atoms with Crippen LogP contribution in [0.15, 0.2) is 42.5 Å². The standard InChI is InChI=1S/C21H24N2O3S/c1-13-8-9-18-16(10-13)17(12-21(2,3)26-18)23-20(27)22-15-7-5-6-14(11-15)19(24)25-4/h5-11,17H,12H2,1-4H3,(H2,22,23,27). The first-order valence-corrected chi connectivity index (χ1v) is 9.24. The number of methoxy groups -OCH3 is 1. The number of nitrogens with one attached hydrogen (secondary N) is 2. The van der Waals surface area contributed by atoms with E-state index in [0.29, 0.717) is 10.7 Å². The number of hydrogen-bond acceptors (Lipinski definition) is 4. The lowest BCUT2D eigenvalue weighted by Gasteiger charge is -2.38. The molecule has 27 heavy (non-hydrogen) atoms. The SMILES string of the molecule is COC(=O)c1cccc(NC(=S)NC2CC(C)(C)Oc3ccc(C)cc32)c1. The maximum atomic E-state index is 11.7. The smallest absolute Gasteiger partial charge is 0.337 e. The van der Waals surface area contributed by atoms with Gasteiger partial charge in [-0.15, -0.1) is 0 Å². The number of rotatable bonds is 3. The van der Waals surface area contributed by atoms with Crippen LogP contribution in [0.4, 0.5) is 5.69 Å². The van der Waals surface area contributed by atoms with Crippen molar-refractivity contribution in [3.05, 3.63) is 59.2 Å². The number of esters is 1. The molecule has 142 valence electrons. The normalized spacial score (nSPS) is 17.3. The van der Waals surface area contributed by atoms with E-state index < -0.39 is 0 Å². The molecule has 0 amide bonds. The van der Waals surface area contributed by atoms with Gasteiger partial charge in [-0.1, -0.05) is 23.8 Å². The van der Waals surface area contributed by atoms with Crippen LogP contribution in [0.1, 0.15) is 47.8 Å². The van der Waals surface area contributed by atoms with Gasteiger partial charge in [0.2, 0.25) is 0 Å². The van der Waals surface area contributed by atoms with Gasteiger partial charge in [0.1, 0.15) is 11.4 Å². The summed E-state index contributed by atoms with van der Waals surface area (Å²) < 4.78 is 10.9. The van der Waals surface area contributed by atoms with Crippen molar-refractivity contribution in [1.82, 2.24) is 5.32 Å². The summed E-state index contributed by atoms with van der Waals surface area (Å²) in [6.07, 6.45) is 0.785. The van der Waals surface area contributed by atoms with E-state index in [9.17, 15) is 4.79 Å². The fourth-order valence-corrected chi connectivity index (χ4v) is 3.53. The van der Waals surface area contributed by atoms with Gasteiger partial charge in [0.05, 0.1) is 18.7 Å². The molecule has 6 heteroatoms. The largest absolute Gasteiger partial charge is 0.487 e. The number of hydrogen-bond donors (Lipinski definition) is 2. The molecule has 5 nitrogen and oxygen atoms in total. The number of carbonyl (C=O) groups is 1. The molecular formula is C21H24N2O3S. The maximum absolute atomic E-state index is 11.7. The summed E-state index contributed by atoms with van der Waals surface area (Å²) in [4.78, 5) is 11.7. The Labute approximate surface area is 165 Å². The van der Waals surface area contributed by atoms with Gasteiger partial charge in [0.15, 0.2) is 5.11 Å². The molecule has 1 aliphatic rings. The predicted octanol–water partition coefficient (Wildman–Crippen LogP) is 4.37. The Morgan fingerprint density at radius 3 is 2.78 bits per heavy atom. The summed E-state index contributed by atoms with van der Waals surface area (Å²) in [5.41, 5.74) is 3.18. The average molecular weight is 385 g/mol. The van der Waals surface area contributed by atoms with Gasteiger partial charge in [-0.3, -0.25) is 0 Å². The number of anilines is 1. The molecule has 0 bridgehead atoms. The Morgan fingerprint density at radius 1 is 1.26 bits per heavy atom. The van der Waals surface area contributed by atoms with Crippen molar-refractivity contribution in [2.75, 3.05) is 12.4 Å². The minimum atomic E-state index is -0.381. The minimum absolute atomic E-state index is 0.0347. The first-order chi connectivity index (χ1) is 12.8. The second kappa shape index (κ2) is 7.56. The topological polar surface area (TPSA) is 59.6 Å². The summed E-state index contributed by atoms with van der Waals surface area (Å²) in [7, 11) is 1.36. The van der Waals surface area contributed by atoms with Crippen LogP contribution in [-0.4, -0.2) is 23.8 Å². The Morgan fingerprint density at radius 2 is 2.04 bits per heavy atom. The van der Waals surface area contributed by atoms with Crippen LogP contribution in [0.3, 0.4) is 0 Å². The molecule has 0 aromatic heterocycles. The Kier molecular flexibility index (Phi) is 5.37. The minimum Gasteiger partial charge on any atom is -0.487 e. The molecule has 2 aromatic rings. The summed E-state index contributed by atoms with van der Waals surface area (Å²) in [6.45, 7) is 6.20. The molecule has 1 atom stereocenters. The first kappa shape index (κ1) is 19.2. The Bertz CT molecular complexity index is 879. The monoisotopic (exact) mass is 384 g/mol. The molecule has 1 heterocycles. The van der Waals surface area contributed by atoms with Gasteiger partial charge in [0.25, 0.3) is 0 Å². The van der Waals surface area contributed by atoms with Crippen molar-refractivity contribution in [3.63, 3.8) is 0 Å². The van der Waals surface area contributed by atoms with Gasteiger partial charge < -0.3 is 20.1 Å². The van der Waals surface area contributed by atoms with E-state index in [1.54, 1.807) is 18.2 Å². The highest BCUT2D eigenvalue weighted by Gasteiger charge is 2.34. The van der Waals surface area contributed by atoms with E-state index in [2.05, 4.69) is 37.5 Å². The van der Waals surface area contributed by atoms with Crippen LogP contribution in [0, 0.1) is 6.92 Å². The van der Waals surface area contributed by atoms with Crippen LogP contribution in [-0.2, 0) is 4.74 Å². The summed E-state index contributed by atoms with van der Waals surface area (Å²) in [5.74, 6) is 0.498. The van der Waals surface area contributed by atoms with Crippen molar-refractivity contribution in [3.8, 4) is 5.75 Å². The van der Waals surface area contributed by atoms with Crippen molar-refractivity contribution in [2.45, 2.75) is 38.8 Å². The lowest BCUT2D eigenvalue weighted by molar-refractivity contribution is 0.0600. The number of thiocarbonyl (C=S) groups is 1. The third-order valence-electron chi connectivity index (χ3n) is 4.47. The first-order valence-electron chi connectivity index (χ1n) is 8.83. The molecule has 0 fully saturated rings. The fraction of sp³-hybridized carbons (Fsp3) is 0.333. The van der Waals surface area contributed by atoms with Crippen LogP contribution >= 0.6 is 12.2 Å². The van der Waals surface area contributed by atoms with Gasteiger partial charge in [0, 0.05) is 17.7 Å². The van der Waals surface area contributed by atoms with Gasteiger partial charge in [-0.2, -0.15) is 0 Å². The van der Waals surface area contributed by atoms with Gasteiger partial charge >= 0.3 is 5.97 Å². The van der Waals surface area contributed by atoms with Crippen molar-refractivity contribution >= 4 is 29.0 Å². The van der Waals surface area contributed by atoms with E-state index in [0.717, 1.165) is 23.4 Å². The van der Waals surface area contributed by atoms with E-state index in [-0.39, 0.29) is 17.6 Å². The highest BCUT2D eigenvalue weighted by atomic mass is 32.1. The van der Waals surface area contributed by atoms with Crippen molar-refractivity contribution in [1.29, 1.82) is 0 Å². The summed E-state index contributed by atoms with van der Waals surface area (Å²) >= 11 is 5.51. The Balaban J connectivity index is 1.76. The molecule has 0 radical (unpaired) electrons. The van der Waals surface area contributed by atoms with Crippen molar-refractivity contribution in [2.24, 2.45) is 0 Å². The zero-order chi connectivity index (χ0) is 19.6. The molecule has 0 saturated heterocycles. The number of ether oxygens (including phenoxy) is 2. The second-order valence-corrected chi connectivity index (χ2v) is 7.74. The van der Waals surface area contributed by atoms with E-state index in [1.807, 2.05) is 18.2 Å². The third-order valence-corrected chi connectivity index (χ3v) is 4.69. The molecular weight excluding hydrogens is 360 g/mol. The molecule has 1 unspecified atom stereocenters. The highest BCUT2D eigenvalue weighted by molar-refractivity contribution is 7.80. The number of carbonyl (C=O) groups excluding carboxylic acids is 1. The summed E-state index contributed by atoms with van der Waals surface area (Å²) in [6, 6.07) is 13.3. The summed E-state index contributed by atoms with van der Waals surface area (Å²) in [5, 5.41) is 7.04. The van der Waals surface area contributed by atoms with E-state index >= 15 is 0 Å². The zero-order valence-corrected chi connectivity index (χ0v) is 16.8. The average Bonchev–Trinajstić information content (AvgIpc) is 2.61. The van der Waals surface area contributed by atoms with E-state index in [1.165, 1.54) is 12.7 Å². The van der Waals surface area contributed by atoms with Crippen LogP contribution < -0.4 is 15.4 Å². The van der Waals surface area contributed by atoms with Gasteiger partial charge in [-0.25, -0.2) is 4.79 Å². The number of aryl methyl sites for hydroxylation is 1. The van der Waals surface area contributed by atoms with Gasteiger partial charge in [-0.05, 0) is 57.3 Å². The second-order valence-electron chi connectivity index (χ2n) is 7.33. The Hall–Kier alpha value is -2.60.